The van der Waals surface area contributed by atoms with Gasteiger partial charge in [-0.2, -0.15) is 0 Å². The Morgan fingerprint density at radius 3 is 2.65 bits per heavy atom. The number of hydrogen-bond acceptors (Lipinski definition) is 3. The molecule has 0 amide bonds. The monoisotopic (exact) mass is 451 g/mol. The minimum atomic E-state index is 0. The molecular formula is C16H23ClIN3O2. The molecule has 2 N–H and O–H groups in total. The summed E-state index contributed by atoms with van der Waals surface area (Å²) in [7, 11) is 1.58. The van der Waals surface area contributed by atoms with E-state index in [9.17, 15) is 0 Å². The number of terminal acetylenes is 1. The van der Waals surface area contributed by atoms with Crippen molar-refractivity contribution in [2.75, 3.05) is 26.8 Å². The number of guanidine groups is 1. The van der Waals surface area contributed by atoms with Crippen LogP contribution in [-0.4, -0.2) is 32.8 Å². The lowest BCUT2D eigenvalue weighted by Crippen LogP contribution is -2.37. The van der Waals surface area contributed by atoms with E-state index in [-0.39, 0.29) is 24.0 Å². The summed E-state index contributed by atoms with van der Waals surface area (Å²) in [6.07, 6.45) is 5.24. The highest BCUT2D eigenvalue weighted by Crippen LogP contribution is 2.36. The molecule has 1 aromatic rings. The Morgan fingerprint density at radius 1 is 1.35 bits per heavy atom. The van der Waals surface area contributed by atoms with Crippen LogP contribution < -0.4 is 20.1 Å². The third-order valence-corrected chi connectivity index (χ3v) is 2.98. The molecule has 0 fully saturated rings. The van der Waals surface area contributed by atoms with Crippen molar-refractivity contribution < 1.29 is 9.47 Å². The van der Waals surface area contributed by atoms with Gasteiger partial charge in [0, 0.05) is 6.54 Å². The number of nitrogens with one attached hydrogen (secondary N) is 2. The largest absolute Gasteiger partial charge is 0.493 e. The molecule has 7 heteroatoms. The molecule has 5 nitrogen and oxygen atoms in total. The van der Waals surface area contributed by atoms with Gasteiger partial charge in [-0.3, -0.25) is 0 Å². The third kappa shape index (κ3) is 7.18. The number of benzene rings is 1. The zero-order valence-corrected chi connectivity index (χ0v) is 16.7. The minimum Gasteiger partial charge on any atom is -0.493 e. The van der Waals surface area contributed by atoms with Crippen LogP contribution in [0.1, 0.15) is 19.4 Å². The summed E-state index contributed by atoms with van der Waals surface area (Å²) in [6.45, 7) is 6.02. The van der Waals surface area contributed by atoms with E-state index in [1.54, 1.807) is 7.11 Å². The zero-order valence-electron chi connectivity index (χ0n) is 13.6. The second-order valence-electron chi connectivity index (χ2n) is 4.29. The SMILES string of the molecule is C#CCNC(=NCc1cc(Cl)c(OCC)c(OC)c1)NCC.I. The second-order valence-corrected chi connectivity index (χ2v) is 4.70. The standard InChI is InChI=1S/C16H22ClN3O2.HI/c1-5-8-19-16(18-6-2)20-11-12-9-13(17)15(22-7-3)14(10-12)21-4;/h1,9-10H,6-8,11H2,2-4H3,(H2,18,19,20);1H. The quantitative estimate of drug-likeness (QED) is 0.290. The summed E-state index contributed by atoms with van der Waals surface area (Å²) in [4.78, 5) is 4.46. The molecule has 0 bridgehead atoms. The van der Waals surface area contributed by atoms with Crippen LogP contribution in [-0.2, 0) is 6.54 Å². The molecule has 0 spiro atoms. The van der Waals surface area contributed by atoms with Crippen LogP contribution in [0.3, 0.4) is 0 Å². The highest BCUT2D eigenvalue weighted by molar-refractivity contribution is 14.0. The molecule has 0 atom stereocenters. The summed E-state index contributed by atoms with van der Waals surface area (Å²) in [6, 6.07) is 3.69. The number of ether oxygens (including phenoxy) is 2. The topological polar surface area (TPSA) is 54.9 Å². The molecule has 128 valence electrons. The Labute approximate surface area is 160 Å². The second kappa shape index (κ2) is 12.1. The summed E-state index contributed by atoms with van der Waals surface area (Å²) < 4.78 is 10.8. The van der Waals surface area contributed by atoms with E-state index in [1.807, 2.05) is 26.0 Å². The number of nitrogens with zero attached hydrogens (tertiary/aromatic N) is 1. The Morgan fingerprint density at radius 2 is 2.09 bits per heavy atom. The van der Waals surface area contributed by atoms with Gasteiger partial charge in [-0.25, -0.2) is 4.99 Å². The number of halogens is 2. The third-order valence-electron chi connectivity index (χ3n) is 2.70. The fourth-order valence-corrected chi connectivity index (χ4v) is 2.08. The van der Waals surface area contributed by atoms with E-state index in [4.69, 9.17) is 27.5 Å². The number of hydrogen-bond donors (Lipinski definition) is 2. The van der Waals surface area contributed by atoms with Gasteiger partial charge in [0.05, 0.1) is 31.8 Å². The maximum atomic E-state index is 6.24. The van der Waals surface area contributed by atoms with Gasteiger partial charge in [0.2, 0.25) is 0 Å². The molecule has 0 aliphatic heterocycles. The maximum absolute atomic E-state index is 6.24. The van der Waals surface area contributed by atoms with E-state index in [0.717, 1.165) is 12.1 Å². The summed E-state index contributed by atoms with van der Waals surface area (Å²) >= 11 is 6.24. The zero-order chi connectivity index (χ0) is 16.4. The lowest BCUT2D eigenvalue weighted by atomic mass is 10.2. The van der Waals surface area contributed by atoms with Crippen LogP contribution in [0, 0.1) is 12.3 Å². The average molecular weight is 452 g/mol. The van der Waals surface area contributed by atoms with Gasteiger partial charge in [0.15, 0.2) is 17.5 Å². The van der Waals surface area contributed by atoms with Gasteiger partial charge in [0.25, 0.3) is 0 Å². The van der Waals surface area contributed by atoms with Crippen LogP contribution in [0.5, 0.6) is 11.5 Å². The van der Waals surface area contributed by atoms with E-state index >= 15 is 0 Å². The molecule has 0 saturated heterocycles. The predicted molar refractivity (Wildman–Crippen MR) is 106 cm³/mol. The molecule has 0 aliphatic carbocycles. The van der Waals surface area contributed by atoms with Crippen molar-refractivity contribution in [3.63, 3.8) is 0 Å². The first-order valence-electron chi connectivity index (χ1n) is 7.11. The van der Waals surface area contributed by atoms with Crippen LogP contribution in [0.15, 0.2) is 17.1 Å². The first-order chi connectivity index (χ1) is 10.7. The molecule has 0 radical (unpaired) electrons. The highest BCUT2D eigenvalue weighted by atomic mass is 127. The van der Waals surface area contributed by atoms with Crippen molar-refractivity contribution in [1.82, 2.24) is 10.6 Å². The van der Waals surface area contributed by atoms with Crippen molar-refractivity contribution in [1.29, 1.82) is 0 Å². The Hall–Kier alpha value is -1.33. The van der Waals surface area contributed by atoms with Gasteiger partial charge in [-0.1, -0.05) is 17.5 Å². The highest BCUT2D eigenvalue weighted by Gasteiger charge is 2.11. The summed E-state index contributed by atoms with van der Waals surface area (Å²) in [5.74, 6) is 4.32. The lowest BCUT2D eigenvalue weighted by Gasteiger charge is -2.13. The number of rotatable bonds is 7. The molecule has 1 rings (SSSR count). The molecule has 0 aromatic heterocycles. The van der Waals surface area contributed by atoms with E-state index < -0.39 is 0 Å². The molecule has 23 heavy (non-hydrogen) atoms. The summed E-state index contributed by atoms with van der Waals surface area (Å²) in [5.41, 5.74) is 0.920. The molecule has 1 aromatic carbocycles. The van der Waals surface area contributed by atoms with Crippen molar-refractivity contribution >= 4 is 41.5 Å². The average Bonchev–Trinajstić information content (AvgIpc) is 2.52. The van der Waals surface area contributed by atoms with Crippen LogP contribution in [0.25, 0.3) is 0 Å². The van der Waals surface area contributed by atoms with Crippen molar-refractivity contribution in [2.45, 2.75) is 20.4 Å². The Bertz CT molecular complexity index is 559. The van der Waals surface area contributed by atoms with Gasteiger partial charge in [0.1, 0.15) is 0 Å². The Balaban J connectivity index is 0.00000484. The van der Waals surface area contributed by atoms with Crippen molar-refractivity contribution in [3.05, 3.63) is 22.7 Å². The first kappa shape index (κ1) is 21.7. The van der Waals surface area contributed by atoms with Crippen molar-refractivity contribution in [3.8, 4) is 23.8 Å². The minimum absolute atomic E-state index is 0. The number of aliphatic imine (C=N–C) groups is 1. The van der Waals surface area contributed by atoms with Crippen LogP contribution in [0.2, 0.25) is 5.02 Å². The van der Waals surface area contributed by atoms with Gasteiger partial charge in [-0.05, 0) is 31.5 Å². The van der Waals surface area contributed by atoms with Gasteiger partial charge in [-0.15, -0.1) is 30.4 Å². The van der Waals surface area contributed by atoms with Gasteiger partial charge >= 0.3 is 0 Å². The fraction of sp³-hybridized carbons (Fsp3) is 0.438. The van der Waals surface area contributed by atoms with Crippen LogP contribution >= 0.6 is 35.6 Å². The summed E-state index contributed by atoms with van der Waals surface area (Å²) in [5, 5.41) is 6.65. The smallest absolute Gasteiger partial charge is 0.192 e. The molecule has 0 heterocycles. The fourth-order valence-electron chi connectivity index (χ4n) is 1.80. The molecule has 0 unspecified atom stereocenters. The molecule has 0 saturated carbocycles. The first-order valence-corrected chi connectivity index (χ1v) is 7.48. The van der Waals surface area contributed by atoms with Crippen LogP contribution in [0.4, 0.5) is 0 Å². The predicted octanol–water partition coefficient (Wildman–Crippen LogP) is 3.05. The number of methoxy groups -OCH3 is 1. The Kier molecular flexibility index (Phi) is 11.4. The maximum Gasteiger partial charge on any atom is 0.192 e. The van der Waals surface area contributed by atoms with Gasteiger partial charge < -0.3 is 20.1 Å². The molecule has 0 aliphatic rings. The van der Waals surface area contributed by atoms with Crippen molar-refractivity contribution in [2.24, 2.45) is 4.99 Å². The molecular weight excluding hydrogens is 429 g/mol. The van der Waals surface area contributed by atoms with E-state index in [0.29, 0.717) is 42.2 Å². The van der Waals surface area contributed by atoms with E-state index in [2.05, 4.69) is 21.5 Å². The van der Waals surface area contributed by atoms with E-state index in [1.165, 1.54) is 0 Å². The lowest BCUT2D eigenvalue weighted by molar-refractivity contribution is 0.311. The normalized spacial score (nSPS) is 10.3.